The van der Waals surface area contributed by atoms with Crippen molar-refractivity contribution < 1.29 is 19.1 Å². The fourth-order valence-electron chi connectivity index (χ4n) is 6.42. The zero-order valence-electron chi connectivity index (χ0n) is 29.7. The molecule has 0 N–H and O–H groups in total. The van der Waals surface area contributed by atoms with E-state index in [1.165, 1.54) is 11.1 Å². The number of ether oxygens (including phenoxy) is 2. The van der Waals surface area contributed by atoms with Crippen LogP contribution in [0.5, 0.6) is 0 Å². The third-order valence-corrected chi connectivity index (χ3v) is 9.37. The van der Waals surface area contributed by atoms with Crippen molar-refractivity contribution in [3.8, 4) is 11.1 Å². The first-order valence-electron chi connectivity index (χ1n) is 17.4. The van der Waals surface area contributed by atoms with Crippen LogP contribution in [0.1, 0.15) is 62.5 Å². The van der Waals surface area contributed by atoms with Crippen molar-refractivity contribution in [1.29, 1.82) is 0 Å². The Morgan fingerprint density at radius 3 is 2.55 bits per heavy atom. The Morgan fingerprint density at radius 1 is 1.00 bits per heavy atom. The first kappa shape index (κ1) is 35.7. The lowest BCUT2D eigenvalue weighted by Crippen LogP contribution is -2.39. The molecule has 1 fully saturated rings. The Balaban J connectivity index is 1.23. The van der Waals surface area contributed by atoms with Crippen molar-refractivity contribution in [3.05, 3.63) is 102 Å². The van der Waals surface area contributed by atoms with Crippen molar-refractivity contribution >= 4 is 22.8 Å². The molecule has 2 aromatic carbocycles. The summed E-state index contributed by atoms with van der Waals surface area (Å²) in [6, 6.07) is 14.5. The summed E-state index contributed by atoms with van der Waals surface area (Å²) in [6.45, 7) is 10.4. The van der Waals surface area contributed by atoms with Crippen molar-refractivity contribution in [2.45, 2.75) is 59.5 Å². The van der Waals surface area contributed by atoms with E-state index >= 15 is 0 Å². The molecule has 0 radical (unpaired) electrons. The van der Waals surface area contributed by atoms with Gasteiger partial charge in [-0.25, -0.2) is 9.78 Å². The number of hydrogen-bond donors (Lipinski definition) is 0. The van der Waals surface area contributed by atoms with Gasteiger partial charge in [-0.2, -0.15) is 0 Å². The van der Waals surface area contributed by atoms with Gasteiger partial charge >= 0.3 is 6.09 Å². The number of amides is 2. The minimum Gasteiger partial charge on any atom is -0.445 e. The predicted octanol–water partition coefficient (Wildman–Crippen LogP) is 7.81. The molecule has 2 aromatic heterocycles. The molecule has 2 amide bonds. The maximum atomic E-state index is 13.7. The summed E-state index contributed by atoms with van der Waals surface area (Å²) < 4.78 is 15.1. The van der Waals surface area contributed by atoms with Gasteiger partial charge in [0.25, 0.3) is 5.91 Å². The van der Waals surface area contributed by atoms with Crippen LogP contribution in [-0.2, 0) is 22.6 Å². The Hall–Kier alpha value is -4.63. The van der Waals surface area contributed by atoms with Crippen LogP contribution in [0.2, 0.25) is 0 Å². The van der Waals surface area contributed by atoms with Gasteiger partial charge in [0.15, 0.2) is 0 Å². The topological polar surface area (TPSA) is 81.8 Å². The molecule has 0 saturated carbocycles. The molecule has 0 spiro atoms. The lowest BCUT2D eigenvalue weighted by Gasteiger charge is -2.31. The summed E-state index contributed by atoms with van der Waals surface area (Å²) >= 11 is 0. The van der Waals surface area contributed by atoms with Gasteiger partial charge in [-0.1, -0.05) is 59.7 Å². The number of allylic oxidation sites excluding steroid dienone is 3. The number of piperidine rings is 1. The molecule has 3 heterocycles. The molecule has 260 valence electrons. The van der Waals surface area contributed by atoms with Crippen LogP contribution in [-0.4, -0.2) is 82.9 Å². The maximum Gasteiger partial charge on any atom is 0.410 e. The number of carbonyl (C=O) groups is 2. The number of carbonyl (C=O) groups excluding carboxylic acids is 2. The SMILES string of the molecule is COCCN(C)C(=O)c1cn(Cc2cncn2CC2CCN(C(=O)OCC=C(C)CCC=C(C)C)CC2)cc1-c1cccc2ccccc12. The zero-order chi connectivity index (χ0) is 34.8. The van der Waals surface area contributed by atoms with Crippen molar-refractivity contribution in [2.24, 2.45) is 5.92 Å². The number of benzene rings is 2. The average Bonchev–Trinajstić information content (AvgIpc) is 3.73. The molecule has 0 aliphatic carbocycles. The first-order valence-corrected chi connectivity index (χ1v) is 17.4. The number of imidazole rings is 1. The fraction of sp³-hybridized carbons (Fsp3) is 0.425. The third-order valence-electron chi connectivity index (χ3n) is 9.37. The van der Waals surface area contributed by atoms with Crippen molar-refractivity contribution in [1.82, 2.24) is 23.9 Å². The van der Waals surface area contributed by atoms with Gasteiger partial charge < -0.3 is 28.4 Å². The predicted molar refractivity (Wildman–Crippen MR) is 196 cm³/mol. The summed E-state index contributed by atoms with van der Waals surface area (Å²) in [5.74, 6) is 0.389. The summed E-state index contributed by atoms with van der Waals surface area (Å²) in [7, 11) is 3.46. The van der Waals surface area contributed by atoms with Gasteiger partial charge in [-0.05, 0) is 74.8 Å². The molecule has 1 saturated heterocycles. The van der Waals surface area contributed by atoms with Crippen LogP contribution in [0.25, 0.3) is 21.9 Å². The second-order valence-corrected chi connectivity index (χ2v) is 13.4. The van der Waals surface area contributed by atoms with Gasteiger partial charge in [0.2, 0.25) is 0 Å². The minimum absolute atomic E-state index is 0.0387. The molecule has 0 unspecified atom stereocenters. The quantitative estimate of drug-likeness (QED) is 0.128. The number of aromatic nitrogens is 3. The second kappa shape index (κ2) is 17.2. The molecule has 1 aliphatic heterocycles. The van der Waals surface area contributed by atoms with Crippen LogP contribution in [0.3, 0.4) is 0 Å². The Bertz CT molecular complexity index is 1770. The summed E-state index contributed by atoms with van der Waals surface area (Å²) in [4.78, 5) is 34.5. The van der Waals surface area contributed by atoms with E-state index in [0.717, 1.165) is 59.8 Å². The average molecular weight is 666 g/mol. The standard InChI is InChI=1S/C40H51N5O4/c1-30(2)10-8-11-31(3)18-22-49-40(47)44-19-16-32(17-20-44)25-45-29-41-24-34(45)26-43-27-37(38(28-43)39(46)42(4)21-23-48-5)36-15-9-13-33-12-6-7-14-35(33)36/h6-7,9-10,12-15,18,24,27-29,32H,8,11,16-17,19-23,25-26H2,1-5H3. The highest BCUT2D eigenvalue weighted by Crippen LogP contribution is 2.33. The summed E-state index contributed by atoms with van der Waals surface area (Å²) in [5, 5.41) is 2.24. The van der Waals surface area contributed by atoms with E-state index in [2.05, 4.69) is 71.4 Å². The van der Waals surface area contributed by atoms with Gasteiger partial charge in [0, 0.05) is 64.5 Å². The Labute approximate surface area is 290 Å². The number of nitrogens with zero attached hydrogens (tertiary/aromatic N) is 5. The molecular formula is C40H51N5O4. The van der Waals surface area contributed by atoms with Crippen LogP contribution in [0.4, 0.5) is 4.79 Å². The Morgan fingerprint density at radius 2 is 1.78 bits per heavy atom. The molecule has 1 aliphatic rings. The molecule has 0 bridgehead atoms. The molecule has 5 rings (SSSR count). The van der Waals surface area contributed by atoms with Crippen LogP contribution >= 0.6 is 0 Å². The Kier molecular flexibility index (Phi) is 12.5. The second-order valence-electron chi connectivity index (χ2n) is 13.4. The maximum absolute atomic E-state index is 13.7. The van der Waals surface area contributed by atoms with Crippen molar-refractivity contribution in [3.63, 3.8) is 0 Å². The van der Waals surface area contributed by atoms with Gasteiger partial charge in [0.1, 0.15) is 6.61 Å². The smallest absolute Gasteiger partial charge is 0.410 e. The highest BCUT2D eigenvalue weighted by Gasteiger charge is 2.25. The lowest BCUT2D eigenvalue weighted by molar-refractivity contribution is 0.0744. The molecule has 9 nitrogen and oxygen atoms in total. The van der Waals surface area contributed by atoms with Gasteiger partial charge in [-0.3, -0.25) is 4.79 Å². The van der Waals surface area contributed by atoms with Gasteiger partial charge in [0.05, 0.1) is 30.7 Å². The number of likely N-dealkylation sites (N-methyl/N-ethyl adjacent to an activating group) is 1. The normalized spacial score (nSPS) is 13.9. The molecular weight excluding hydrogens is 614 g/mol. The van der Waals surface area contributed by atoms with E-state index < -0.39 is 0 Å². The number of likely N-dealkylation sites (tertiary alicyclic amines) is 1. The van der Waals surface area contributed by atoms with Gasteiger partial charge in [-0.15, -0.1) is 0 Å². The summed E-state index contributed by atoms with van der Waals surface area (Å²) in [6.07, 6.45) is 15.7. The van der Waals surface area contributed by atoms with E-state index in [1.807, 2.05) is 54.9 Å². The largest absolute Gasteiger partial charge is 0.445 e. The minimum atomic E-state index is -0.233. The fourth-order valence-corrected chi connectivity index (χ4v) is 6.42. The van der Waals surface area contributed by atoms with Crippen LogP contribution < -0.4 is 0 Å². The first-order chi connectivity index (χ1) is 23.7. The van der Waals surface area contributed by atoms with E-state index in [1.54, 1.807) is 12.0 Å². The van der Waals surface area contributed by atoms with E-state index in [-0.39, 0.29) is 12.0 Å². The highest BCUT2D eigenvalue weighted by atomic mass is 16.6. The lowest BCUT2D eigenvalue weighted by atomic mass is 9.97. The van der Waals surface area contributed by atoms with Crippen LogP contribution in [0.15, 0.2) is 90.7 Å². The van der Waals surface area contributed by atoms with Crippen molar-refractivity contribution in [2.75, 3.05) is 47.0 Å². The molecule has 9 heteroatoms. The molecule has 49 heavy (non-hydrogen) atoms. The third kappa shape index (κ3) is 9.50. The molecule has 4 aromatic rings. The van der Waals surface area contributed by atoms with Crippen LogP contribution in [0, 0.1) is 5.92 Å². The summed E-state index contributed by atoms with van der Waals surface area (Å²) in [5.41, 5.74) is 6.23. The number of hydrogen-bond acceptors (Lipinski definition) is 5. The van der Waals surface area contributed by atoms with E-state index in [4.69, 9.17) is 9.47 Å². The number of fused-ring (bicyclic) bond motifs is 1. The highest BCUT2D eigenvalue weighted by molar-refractivity contribution is 6.06. The van der Waals surface area contributed by atoms with E-state index in [9.17, 15) is 9.59 Å². The number of rotatable bonds is 14. The monoisotopic (exact) mass is 665 g/mol. The zero-order valence-corrected chi connectivity index (χ0v) is 29.7. The van der Waals surface area contributed by atoms with E-state index in [0.29, 0.717) is 50.9 Å². The number of methoxy groups -OCH3 is 1. The molecule has 0 atom stereocenters.